The number of rotatable bonds is 5. The smallest absolute Gasteiger partial charge is 0.396 e. The number of amides is 2. The average Bonchev–Trinajstić information content (AvgIpc) is 2.52. The van der Waals surface area contributed by atoms with Gasteiger partial charge in [0.25, 0.3) is 0 Å². The minimum atomic E-state index is -4.44. The second kappa shape index (κ2) is 7.68. The zero-order valence-electron chi connectivity index (χ0n) is 12.8. The molecule has 0 aromatic heterocycles. The molecule has 1 atom stereocenters. The molecule has 0 aliphatic heterocycles. The summed E-state index contributed by atoms with van der Waals surface area (Å²) in [5, 5.41) is 11.0. The number of aryl methyl sites for hydroxylation is 1. The van der Waals surface area contributed by atoms with Crippen LogP contribution in [-0.2, 0) is 6.42 Å². The molecule has 1 aliphatic rings. The van der Waals surface area contributed by atoms with Gasteiger partial charge in [-0.05, 0) is 36.8 Å². The van der Waals surface area contributed by atoms with Crippen LogP contribution in [0.3, 0.4) is 0 Å². The van der Waals surface area contributed by atoms with Crippen LogP contribution in [-0.4, -0.2) is 41.9 Å². The number of alkyl halides is 3. The molecule has 2 rings (SSSR count). The number of urea groups is 1. The molecule has 0 heterocycles. The van der Waals surface area contributed by atoms with E-state index in [1.165, 1.54) is 4.90 Å². The number of hydrogen-bond acceptors (Lipinski definition) is 2. The van der Waals surface area contributed by atoms with Crippen molar-refractivity contribution in [3.63, 3.8) is 0 Å². The standard InChI is InChI=1S/C16H21F3N2O2/c17-16(18,19)11-20-15(23)21(9-4-10-22)14-8-3-6-12-5-1-2-7-13(12)14/h1-2,5,7,14,22H,3-4,6,8-11H2,(H,20,23). The van der Waals surface area contributed by atoms with Gasteiger partial charge >= 0.3 is 12.2 Å². The topological polar surface area (TPSA) is 52.6 Å². The van der Waals surface area contributed by atoms with E-state index in [1.807, 2.05) is 29.6 Å². The molecule has 128 valence electrons. The van der Waals surface area contributed by atoms with E-state index >= 15 is 0 Å². The Labute approximate surface area is 133 Å². The molecule has 0 saturated heterocycles. The Kier molecular flexibility index (Phi) is 5.87. The van der Waals surface area contributed by atoms with Gasteiger partial charge in [0.1, 0.15) is 6.54 Å². The summed E-state index contributed by atoms with van der Waals surface area (Å²) in [7, 11) is 0. The van der Waals surface area contributed by atoms with Gasteiger partial charge in [-0.25, -0.2) is 4.79 Å². The summed E-state index contributed by atoms with van der Waals surface area (Å²) >= 11 is 0. The van der Waals surface area contributed by atoms with Gasteiger partial charge in [-0.1, -0.05) is 24.3 Å². The van der Waals surface area contributed by atoms with E-state index in [0.29, 0.717) is 12.8 Å². The Morgan fingerprint density at radius 3 is 2.78 bits per heavy atom. The second-order valence-electron chi connectivity index (χ2n) is 5.65. The quantitative estimate of drug-likeness (QED) is 0.872. The molecule has 1 unspecified atom stereocenters. The predicted molar refractivity (Wildman–Crippen MR) is 80.0 cm³/mol. The average molecular weight is 330 g/mol. The monoisotopic (exact) mass is 330 g/mol. The van der Waals surface area contributed by atoms with Crippen molar-refractivity contribution in [2.45, 2.75) is 37.9 Å². The van der Waals surface area contributed by atoms with Gasteiger partial charge < -0.3 is 15.3 Å². The zero-order chi connectivity index (χ0) is 16.9. The number of carbonyl (C=O) groups excluding carboxylic acids is 1. The Balaban J connectivity index is 2.17. The first kappa shape index (κ1) is 17.6. The molecule has 0 bridgehead atoms. The fourth-order valence-corrected chi connectivity index (χ4v) is 2.97. The Bertz CT molecular complexity index is 534. The second-order valence-corrected chi connectivity index (χ2v) is 5.65. The van der Waals surface area contributed by atoms with Crippen molar-refractivity contribution in [2.75, 3.05) is 19.7 Å². The first-order chi connectivity index (χ1) is 10.9. The third-order valence-corrected chi connectivity index (χ3v) is 3.97. The molecule has 0 saturated carbocycles. The zero-order valence-corrected chi connectivity index (χ0v) is 12.8. The number of aliphatic hydroxyl groups is 1. The van der Waals surface area contributed by atoms with Gasteiger partial charge in [-0.2, -0.15) is 13.2 Å². The lowest BCUT2D eigenvalue weighted by atomic mass is 9.87. The Morgan fingerprint density at radius 2 is 2.09 bits per heavy atom. The summed E-state index contributed by atoms with van der Waals surface area (Å²) in [4.78, 5) is 13.7. The molecule has 1 aromatic carbocycles. The van der Waals surface area contributed by atoms with Crippen LogP contribution in [0.4, 0.5) is 18.0 Å². The van der Waals surface area contributed by atoms with Gasteiger partial charge in [0.2, 0.25) is 0 Å². The first-order valence-corrected chi connectivity index (χ1v) is 7.72. The van der Waals surface area contributed by atoms with E-state index in [2.05, 4.69) is 0 Å². The van der Waals surface area contributed by atoms with Gasteiger partial charge in [0.05, 0.1) is 6.04 Å². The minimum Gasteiger partial charge on any atom is -0.396 e. The van der Waals surface area contributed by atoms with Crippen LogP contribution >= 0.6 is 0 Å². The Morgan fingerprint density at radius 1 is 1.35 bits per heavy atom. The summed E-state index contributed by atoms with van der Waals surface area (Å²) < 4.78 is 37.0. The predicted octanol–water partition coefficient (Wildman–Crippen LogP) is 3.02. The van der Waals surface area contributed by atoms with Crippen molar-refractivity contribution in [1.29, 1.82) is 0 Å². The fraction of sp³-hybridized carbons (Fsp3) is 0.562. The minimum absolute atomic E-state index is 0.114. The molecule has 4 nitrogen and oxygen atoms in total. The molecule has 2 amide bonds. The van der Waals surface area contributed by atoms with Crippen molar-refractivity contribution in [3.05, 3.63) is 35.4 Å². The highest BCUT2D eigenvalue weighted by molar-refractivity contribution is 5.75. The highest BCUT2D eigenvalue weighted by atomic mass is 19.4. The maximum absolute atomic E-state index is 12.3. The van der Waals surface area contributed by atoms with Crippen molar-refractivity contribution >= 4 is 6.03 Å². The molecular formula is C16H21F3N2O2. The lowest BCUT2D eigenvalue weighted by Gasteiger charge is -2.36. The number of hydrogen-bond donors (Lipinski definition) is 2. The maximum Gasteiger partial charge on any atom is 0.405 e. The van der Waals surface area contributed by atoms with Gasteiger partial charge in [-0.3, -0.25) is 0 Å². The highest BCUT2D eigenvalue weighted by Crippen LogP contribution is 2.34. The van der Waals surface area contributed by atoms with Crippen LogP contribution in [0.25, 0.3) is 0 Å². The first-order valence-electron chi connectivity index (χ1n) is 7.72. The van der Waals surface area contributed by atoms with Crippen molar-refractivity contribution in [3.8, 4) is 0 Å². The molecule has 0 fully saturated rings. The molecule has 0 spiro atoms. The van der Waals surface area contributed by atoms with E-state index in [0.717, 1.165) is 24.0 Å². The van der Waals surface area contributed by atoms with Crippen LogP contribution < -0.4 is 5.32 Å². The van der Waals surface area contributed by atoms with Crippen LogP contribution in [0.2, 0.25) is 0 Å². The number of nitrogens with one attached hydrogen (secondary N) is 1. The Hall–Kier alpha value is -1.76. The molecule has 2 N–H and O–H groups in total. The molecule has 23 heavy (non-hydrogen) atoms. The summed E-state index contributed by atoms with van der Waals surface area (Å²) in [6, 6.07) is 6.71. The van der Waals surface area contributed by atoms with E-state index in [-0.39, 0.29) is 19.2 Å². The SMILES string of the molecule is O=C(NCC(F)(F)F)N(CCCO)C1CCCc2ccccc21. The van der Waals surface area contributed by atoms with Crippen LogP contribution in [0.15, 0.2) is 24.3 Å². The maximum atomic E-state index is 12.3. The summed E-state index contributed by atoms with van der Waals surface area (Å²) in [5.41, 5.74) is 2.11. The van der Waals surface area contributed by atoms with Gasteiger partial charge in [0, 0.05) is 13.2 Å². The summed E-state index contributed by atoms with van der Waals surface area (Å²) in [5.74, 6) is 0. The van der Waals surface area contributed by atoms with E-state index in [4.69, 9.17) is 5.11 Å². The summed E-state index contributed by atoms with van der Waals surface area (Å²) in [6.45, 7) is -1.24. The molecule has 1 aliphatic carbocycles. The number of nitrogens with zero attached hydrogens (tertiary/aromatic N) is 1. The van der Waals surface area contributed by atoms with E-state index in [1.54, 1.807) is 0 Å². The van der Waals surface area contributed by atoms with E-state index < -0.39 is 18.8 Å². The lowest BCUT2D eigenvalue weighted by molar-refractivity contribution is -0.123. The van der Waals surface area contributed by atoms with Crippen molar-refractivity contribution < 1.29 is 23.1 Å². The number of aliphatic hydroxyl groups excluding tert-OH is 1. The van der Waals surface area contributed by atoms with Crippen molar-refractivity contribution in [1.82, 2.24) is 10.2 Å². The number of carbonyl (C=O) groups is 1. The summed E-state index contributed by atoms with van der Waals surface area (Å²) in [6.07, 6.45) is -1.61. The van der Waals surface area contributed by atoms with Crippen LogP contribution in [0.1, 0.15) is 36.4 Å². The van der Waals surface area contributed by atoms with Gasteiger partial charge in [-0.15, -0.1) is 0 Å². The number of halogens is 3. The van der Waals surface area contributed by atoms with Crippen molar-refractivity contribution in [2.24, 2.45) is 0 Å². The third kappa shape index (κ3) is 4.86. The normalized spacial score (nSPS) is 17.5. The van der Waals surface area contributed by atoms with Crippen LogP contribution in [0.5, 0.6) is 0 Å². The molecule has 0 radical (unpaired) electrons. The fourth-order valence-electron chi connectivity index (χ4n) is 2.97. The number of fused-ring (bicyclic) bond motifs is 1. The highest BCUT2D eigenvalue weighted by Gasteiger charge is 2.32. The molecule has 1 aromatic rings. The molecule has 7 heteroatoms. The lowest BCUT2D eigenvalue weighted by Crippen LogP contribution is -2.46. The number of benzene rings is 1. The largest absolute Gasteiger partial charge is 0.405 e. The third-order valence-electron chi connectivity index (χ3n) is 3.97. The van der Waals surface area contributed by atoms with Crippen LogP contribution in [0, 0.1) is 0 Å². The van der Waals surface area contributed by atoms with Gasteiger partial charge in [0.15, 0.2) is 0 Å². The molecular weight excluding hydrogens is 309 g/mol. The van der Waals surface area contributed by atoms with E-state index in [9.17, 15) is 18.0 Å².